The number of benzene rings is 1. The van der Waals surface area contributed by atoms with Crippen molar-refractivity contribution in [1.29, 1.82) is 0 Å². The molecule has 1 atom stereocenters. The van der Waals surface area contributed by atoms with Crippen LogP contribution in [0.15, 0.2) is 17.0 Å². The van der Waals surface area contributed by atoms with E-state index in [9.17, 15) is 8.42 Å². The minimum atomic E-state index is -3.80. The van der Waals surface area contributed by atoms with E-state index in [4.69, 9.17) is 4.18 Å². The van der Waals surface area contributed by atoms with Crippen LogP contribution in [0.4, 0.5) is 0 Å². The Kier molecular flexibility index (Phi) is 9.50. The van der Waals surface area contributed by atoms with E-state index in [0.29, 0.717) is 10.8 Å². The van der Waals surface area contributed by atoms with E-state index in [-0.39, 0.29) is 17.9 Å². The van der Waals surface area contributed by atoms with Crippen LogP contribution in [-0.4, -0.2) is 14.5 Å². The van der Waals surface area contributed by atoms with Gasteiger partial charge in [0.1, 0.15) is 4.90 Å². The van der Waals surface area contributed by atoms with Gasteiger partial charge in [0.15, 0.2) is 0 Å². The third-order valence-corrected chi connectivity index (χ3v) is 6.64. The van der Waals surface area contributed by atoms with Crippen molar-refractivity contribution in [2.24, 2.45) is 0 Å². The normalized spacial score (nSPS) is 13.7. The molecule has 1 aromatic carbocycles. The summed E-state index contributed by atoms with van der Waals surface area (Å²) in [5.41, 5.74) is 2.94. The molecule has 0 heterocycles. The standard InChI is InChI=1S/C23H40O3S/c1-9-10-11-12-13-19(8)26-27(24,25)23-21(17(4)5)14-20(16(2)3)15-22(23)18(6)7/h14-19H,9-13H2,1-8H3. The fraction of sp³-hybridized carbons (Fsp3) is 0.739. The van der Waals surface area contributed by atoms with E-state index in [0.717, 1.165) is 30.4 Å². The zero-order valence-corrected chi connectivity index (χ0v) is 19.4. The van der Waals surface area contributed by atoms with Crippen LogP contribution in [-0.2, 0) is 14.3 Å². The van der Waals surface area contributed by atoms with Crippen molar-refractivity contribution in [3.05, 3.63) is 28.8 Å². The molecule has 0 spiro atoms. The molecule has 4 heteroatoms. The van der Waals surface area contributed by atoms with Crippen LogP contribution >= 0.6 is 0 Å². The van der Waals surface area contributed by atoms with Gasteiger partial charge in [-0.15, -0.1) is 0 Å². The first kappa shape index (κ1) is 24.2. The van der Waals surface area contributed by atoms with Crippen molar-refractivity contribution >= 4 is 10.1 Å². The number of unbranched alkanes of at least 4 members (excludes halogenated alkanes) is 3. The lowest BCUT2D eigenvalue weighted by Gasteiger charge is -2.23. The molecule has 0 saturated carbocycles. The highest BCUT2D eigenvalue weighted by Crippen LogP contribution is 2.36. The first-order chi connectivity index (χ1) is 12.5. The second-order valence-corrected chi connectivity index (χ2v) is 10.2. The number of rotatable bonds is 11. The topological polar surface area (TPSA) is 43.4 Å². The summed E-state index contributed by atoms with van der Waals surface area (Å²) in [5.74, 6) is 0.596. The van der Waals surface area contributed by atoms with Gasteiger partial charge in [-0.2, -0.15) is 8.42 Å². The molecule has 0 aliphatic rings. The molecule has 27 heavy (non-hydrogen) atoms. The Morgan fingerprint density at radius 2 is 1.33 bits per heavy atom. The van der Waals surface area contributed by atoms with Gasteiger partial charge in [0.25, 0.3) is 10.1 Å². The van der Waals surface area contributed by atoms with Crippen molar-refractivity contribution in [1.82, 2.24) is 0 Å². The summed E-state index contributed by atoms with van der Waals surface area (Å²) in [6, 6.07) is 4.12. The van der Waals surface area contributed by atoms with Crippen LogP contribution < -0.4 is 0 Å². The molecule has 156 valence electrons. The van der Waals surface area contributed by atoms with Gasteiger partial charge in [-0.05, 0) is 47.8 Å². The summed E-state index contributed by atoms with van der Waals surface area (Å²) in [4.78, 5) is 0.400. The molecule has 0 fully saturated rings. The lowest BCUT2D eigenvalue weighted by Crippen LogP contribution is -2.20. The Labute approximate surface area is 168 Å². The first-order valence-electron chi connectivity index (χ1n) is 10.6. The Bertz CT molecular complexity index is 659. The molecule has 0 aliphatic carbocycles. The van der Waals surface area contributed by atoms with E-state index in [1.165, 1.54) is 18.4 Å². The van der Waals surface area contributed by atoms with Crippen LogP contribution in [0.1, 0.15) is 122 Å². The summed E-state index contributed by atoms with van der Waals surface area (Å²) in [6.07, 6.45) is 4.97. The summed E-state index contributed by atoms with van der Waals surface area (Å²) in [5, 5.41) is 0. The minimum absolute atomic E-state index is 0.120. The molecule has 0 aliphatic heterocycles. The molecule has 3 nitrogen and oxygen atoms in total. The SMILES string of the molecule is CCCCCCC(C)OS(=O)(=O)c1c(C(C)C)cc(C(C)C)cc1C(C)C. The minimum Gasteiger partial charge on any atom is -0.263 e. The Balaban J connectivity index is 3.28. The Morgan fingerprint density at radius 3 is 1.74 bits per heavy atom. The smallest absolute Gasteiger partial charge is 0.263 e. The zero-order chi connectivity index (χ0) is 20.8. The van der Waals surface area contributed by atoms with E-state index in [2.05, 4.69) is 60.6 Å². The van der Waals surface area contributed by atoms with Crippen LogP contribution in [0.3, 0.4) is 0 Å². The molecule has 0 amide bonds. The quantitative estimate of drug-likeness (QED) is 0.295. The van der Waals surface area contributed by atoms with Crippen molar-refractivity contribution < 1.29 is 12.6 Å². The van der Waals surface area contributed by atoms with Crippen LogP contribution in [0.5, 0.6) is 0 Å². The van der Waals surface area contributed by atoms with E-state index >= 15 is 0 Å². The largest absolute Gasteiger partial charge is 0.297 e. The van der Waals surface area contributed by atoms with Crippen molar-refractivity contribution in [2.45, 2.75) is 116 Å². The summed E-state index contributed by atoms with van der Waals surface area (Å²) >= 11 is 0. The van der Waals surface area contributed by atoms with Gasteiger partial charge in [-0.25, -0.2) is 0 Å². The number of hydrogen-bond donors (Lipinski definition) is 0. The fourth-order valence-electron chi connectivity index (χ4n) is 3.35. The third kappa shape index (κ3) is 6.90. The highest BCUT2D eigenvalue weighted by atomic mass is 32.2. The predicted octanol–water partition coefficient (Wildman–Crippen LogP) is 7.12. The van der Waals surface area contributed by atoms with Gasteiger partial charge >= 0.3 is 0 Å². The van der Waals surface area contributed by atoms with Crippen LogP contribution in [0.25, 0.3) is 0 Å². The molecule has 1 aromatic rings. The molecule has 1 unspecified atom stereocenters. The van der Waals surface area contributed by atoms with Gasteiger partial charge < -0.3 is 0 Å². The lowest BCUT2D eigenvalue weighted by molar-refractivity contribution is 0.213. The average molecular weight is 397 g/mol. The van der Waals surface area contributed by atoms with Gasteiger partial charge in [-0.3, -0.25) is 4.18 Å². The summed E-state index contributed by atoms with van der Waals surface area (Å²) < 4.78 is 32.1. The van der Waals surface area contributed by atoms with Crippen molar-refractivity contribution in [3.63, 3.8) is 0 Å². The van der Waals surface area contributed by atoms with E-state index in [1.807, 2.05) is 6.92 Å². The molecule has 1 rings (SSSR count). The average Bonchev–Trinajstić information content (AvgIpc) is 2.56. The molecule has 0 bridgehead atoms. The maximum Gasteiger partial charge on any atom is 0.297 e. The molecule has 0 radical (unpaired) electrons. The highest BCUT2D eigenvalue weighted by Gasteiger charge is 2.29. The highest BCUT2D eigenvalue weighted by molar-refractivity contribution is 7.86. The molecule has 0 aromatic heterocycles. The Morgan fingerprint density at radius 1 is 0.815 bits per heavy atom. The first-order valence-corrected chi connectivity index (χ1v) is 12.0. The van der Waals surface area contributed by atoms with Gasteiger partial charge in [0.2, 0.25) is 0 Å². The summed E-state index contributed by atoms with van der Waals surface area (Å²) in [7, 11) is -3.80. The second-order valence-electron chi connectivity index (χ2n) is 8.70. The third-order valence-electron chi connectivity index (χ3n) is 5.08. The monoisotopic (exact) mass is 396 g/mol. The van der Waals surface area contributed by atoms with Gasteiger partial charge in [-0.1, -0.05) is 86.3 Å². The molecule has 0 saturated heterocycles. The zero-order valence-electron chi connectivity index (χ0n) is 18.6. The molecule has 0 N–H and O–H groups in total. The number of hydrogen-bond acceptors (Lipinski definition) is 3. The van der Waals surface area contributed by atoms with Crippen LogP contribution in [0, 0.1) is 0 Å². The van der Waals surface area contributed by atoms with E-state index in [1.54, 1.807) is 0 Å². The van der Waals surface area contributed by atoms with E-state index < -0.39 is 10.1 Å². The van der Waals surface area contributed by atoms with Gasteiger partial charge in [0, 0.05) is 0 Å². The molecular formula is C23H40O3S. The lowest BCUT2D eigenvalue weighted by atomic mass is 9.89. The van der Waals surface area contributed by atoms with Crippen molar-refractivity contribution in [2.75, 3.05) is 0 Å². The second kappa shape index (κ2) is 10.6. The van der Waals surface area contributed by atoms with Crippen molar-refractivity contribution in [3.8, 4) is 0 Å². The maximum absolute atomic E-state index is 13.2. The summed E-state index contributed by atoms with van der Waals surface area (Å²) in [6.45, 7) is 16.5. The van der Waals surface area contributed by atoms with Crippen LogP contribution in [0.2, 0.25) is 0 Å². The maximum atomic E-state index is 13.2. The fourth-order valence-corrected chi connectivity index (χ4v) is 5.14. The Hall–Kier alpha value is -0.870. The predicted molar refractivity (Wildman–Crippen MR) is 115 cm³/mol. The molecular weight excluding hydrogens is 356 g/mol. The van der Waals surface area contributed by atoms with Gasteiger partial charge in [0.05, 0.1) is 6.10 Å².